The minimum Gasteiger partial charge on any atom is -0.268 e. The Bertz CT molecular complexity index is 555. The van der Waals surface area contributed by atoms with Gasteiger partial charge in [0.05, 0.1) is 10.1 Å². The van der Waals surface area contributed by atoms with Crippen LogP contribution in [0.5, 0.6) is 0 Å². The molecule has 0 saturated heterocycles. The van der Waals surface area contributed by atoms with E-state index in [1.807, 2.05) is 24.3 Å². The van der Waals surface area contributed by atoms with Crippen molar-refractivity contribution in [3.05, 3.63) is 45.7 Å². The van der Waals surface area contributed by atoms with Crippen molar-refractivity contribution < 1.29 is 0 Å². The van der Waals surface area contributed by atoms with Crippen molar-refractivity contribution in [2.75, 3.05) is 0 Å². The Morgan fingerprint density at radius 1 is 1.47 bits per heavy atom. The van der Waals surface area contributed by atoms with E-state index >= 15 is 0 Å². The third-order valence-electron chi connectivity index (χ3n) is 2.14. The molecule has 15 heavy (non-hydrogen) atoms. The van der Waals surface area contributed by atoms with Crippen LogP contribution in [-0.2, 0) is 6.54 Å². The molecule has 2 rings (SSSR count). The maximum Gasteiger partial charge on any atom is 0.268 e. The summed E-state index contributed by atoms with van der Waals surface area (Å²) in [5, 5.41) is 0.808. The zero-order valence-corrected chi connectivity index (χ0v) is 10.5. The van der Waals surface area contributed by atoms with Crippen LogP contribution < -0.4 is 5.56 Å². The molecular formula is C11H10BrNOS. The second-order valence-corrected chi connectivity index (χ2v) is 5.45. The van der Waals surface area contributed by atoms with E-state index in [0.717, 1.165) is 21.0 Å². The van der Waals surface area contributed by atoms with Gasteiger partial charge < -0.3 is 0 Å². The van der Waals surface area contributed by atoms with Crippen LogP contribution in [0.2, 0.25) is 0 Å². The summed E-state index contributed by atoms with van der Waals surface area (Å²) in [6.45, 7) is 4.46. The summed E-state index contributed by atoms with van der Waals surface area (Å²) < 4.78 is 3.74. The zero-order chi connectivity index (χ0) is 10.8. The van der Waals surface area contributed by atoms with Gasteiger partial charge in [-0.1, -0.05) is 46.2 Å². The van der Waals surface area contributed by atoms with Gasteiger partial charge in [-0.2, -0.15) is 0 Å². The lowest BCUT2D eigenvalue weighted by Crippen LogP contribution is -2.12. The molecule has 1 heterocycles. The molecule has 0 spiro atoms. The molecule has 4 heteroatoms. The van der Waals surface area contributed by atoms with Gasteiger partial charge in [0.2, 0.25) is 0 Å². The summed E-state index contributed by atoms with van der Waals surface area (Å²) in [6.07, 6.45) is 0.784. The summed E-state index contributed by atoms with van der Waals surface area (Å²) in [4.78, 5) is 11.9. The first-order chi connectivity index (χ1) is 7.18. The lowest BCUT2D eigenvalue weighted by molar-refractivity contribution is 0.750. The second-order valence-electron chi connectivity index (χ2n) is 3.26. The van der Waals surface area contributed by atoms with Crippen molar-refractivity contribution in [2.45, 2.75) is 13.0 Å². The number of halogens is 1. The summed E-state index contributed by atoms with van der Waals surface area (Å²) in [7, 11) is 0. The number of allylic oxidation sites excluding steroid dienone is 1. The van der Waals surface area contributed by atoms with Crippen LogP contribution in [0.25, 0.3) is 10.1 Å². The SMILES string of the molecule is C=C(Br)CCn1sc2ccccc2c1=O. The van der Waals surface area contributed by atoms with Crippen LogP contribution in [0.1, 0.15) is 6.42 Å². The van der Waals surface area contributed by atoms with Crippen LogP contribution in [0.4, 0.5) is 0 Å². The summed E-state index contributed by atoms with van der Waals surface area (Å²) in [5.74, 6) is 0. The molecule has 0 amide bonds. The Morgan fingerprint density at radius 2 is 2.20 bits per heavy atom. The van der Waals surface area contributed by atoms with E-state index in [4.69, 9.17) is 0 Å². The van der Waals surface area contributed by atoms with Crippen LogP contribution >= 0.6 is 27.5 Å². The van der Waals surface area contributed by atoms with Crippen LogP contribution in [0, 0.1) is 0 Å². The van der Waals surface area contributed by atoms with Crippen molar-refractivity contribution in [1.82, 2.24) is 3.96 Å². The zero-order valence-electron chi connectivity index (χ0n) is 8.07. The normalized spacial score (nSPS) is 10.7. The molecular weight excluding hydrogens is 274 g/mol. The number of fused-ring (bicyclic) bond motifs is 1. The minimum absolute atomic E-state index is 0.101. The molecule has 1 aromatic heterocycles. The highest BCUT2D eigenvalue weighted by atomic mass is 79.9. The first-order valence-electron chi connectivity index (χ1n) is 4.60. The average molecular weight is 284 g/mol. The monoisotopic (exact) mass is 283 g/mol. The van der Waals surface area contributed by atoms with Crippen molar-refractivity contribution >= 4 is 37.5 Å². The first-order valence-corrected chi connectivity index (χ1v) is 6.17. The highest BCUT2D eigenvalue weighted by Crippen LogP contribution is 2.17. The molecule has 2 aromatic rings. The van der Waals surface area contributed by atoms with E-state index < -0.39 is 0 Å². The molecule has 0 radical (unpaired) electrons. The van der Waals surface area contributed by atoms with Crippen molar-refractivity contribution in [2.24, 2.45) is 0 Å². The third-order valence-corrected chi connectivity index (χ3v) is 3.66. The average Bonchev–Trinajstić information content (AvgIpc) is 2.54. The van der Waals surface area contributed by atoms with Gasteiger partial charge in [0.15, 0.2) is 0 Å². The Morgan fingerprint density at radius 3 is 2.87 bits per heavy atom. The van der Waals surface area contributed by atoms with E-state index in [1.165, 1.54) is 11.5 Å². The fourth-order valence-electron chi connectivity index (χ4n) is 1.39. The minimum atomic E-state index is 0.101. The Labute approximate surface area is 100 Å². The number of aryl methyl sites for hydroxylation is 1. The van der Waals surface area contributed by atoms with Gasteiger partial charge >= 0.3 is 0 Å². The predicted octanol–water partition coefficient (Wildman–Crippen LogP) is 3.36. The van der Waals surface area contributed by atoms with Gasteiger partial charge in [0, 0.05) is 6.54 Å². The Balaban J connectivity index is 2.40. The molecule has 0 aliphatic heterocycles. The molecule has 0 bridgehead atoms. The molecule has 0 aliphatic carbocycles. The second kappa shape index (κ2) is 4.33. The Hall–Kier alpha value is -0.870. The van der Waals surface area contributed by atoms with Gasteiger partial charge in [0.1, 0.15) is 0 Å². The molecule has 2 nitrogen and oxygen atoms in total. The predicted molar refractivity (Wildman–Crippen MR) is 68.8 cm³/mol. The largest absolute Gasteiger partial charge is 0.268 e. The van der Waals surface area contributed by atoms with Gasteiger partial charge in [-0.25, -0.2) is 0 Å². The molecule has 0 unspecified atom stereocenters. The van der Waals surface area contributed by atoms with Gasteiger partial charge in [-0.15, -0.1) is 0 Å². The quantitative estimate of drug-likeness (QED) is 0.847. The molecule has 0 saturated carbocycles. The van der Waals surface area contributed by atoms with E-state index in [2.05, 4.69) is 22.5 Å². The van der Waals surface area contributed by atoms with Gasteiger partial charge in [0.25, 0.3) is 5.56 Å². The summed E-state index contributed by atoms with van der Waals surface area (Å²) in [6, 6.07) is 7.69. The van der Waals surface area contributed by atoms with E-state index in [9.17, 15) is 4.79 Å². The molecule has 0 N–H and O–H groups in total. The standard InChI is InChI=1S/C11H10BrNOS/c1-8(12)6-7-13-11(14)9-4-2-3-5-10(9)15-13/h2-5H,1,6-7H2. The van der Waals surface area contributed by atoms with E-state index in [1.54, 1.807) is 3.96 Å². The lowest BCUT2D eigenvalue weighted by Gasteiger charge is -1.97. The number of hydrogen-bond acceptors (Lipinski definition) is 2. The van der Waals surface area contributed by atoms with Gasteiger partial charge in [-0.3, -0.25) is 8.75 Å². The van der Waals surface area contributed by atoms with Crippen molar-refractivity contribution in [3.63, 3.8) is 0 Å². The van der Waals surface area contributed by atoms with E-state index in [0.29, 0.717) is 6.54 Å². The highest BCUT2D eigenvalue weighted by Gasteiger charge is 2.05. The lowest BCUT2D eigenvalue weighted by atomic mass is 10.3. The summed E-state index contributed by atoms with van der Waals surface area (Å²) in [5.41, 5.74) is 0.101. The Kier molecular flexibility index (Phi) is 3.07. The topological polar surface area (TPSA) is 22.0 Å². The number of benzene rings is 1. The fourth-order valence-corrected chi connectivity index (χ4v) is 2.56. The van der Waals surface area contributed by atoms with Crippen LogP contribution in [0.3, 0.4) is 0 Å². The molecule has 0 aliphatic rings. The molecule has 0 fully saturated rings. The number of hydrogen-bond donors (Lipinski definition) is 0. The number of nitrogens with zero attached hydrogens (tertiary/aromatic N) is 1. The maximum atomic E-state index is 11.9. The third kappa shape index (κ3) is 2.21. The number of aromatic nitrogens is 1. The van der Waals surface area contributed by atoms with Crippen LogP contribution in [-0.4, -0.2) is 3.96 Å². The number of rotatable bonds is 3. The van der Waals surface area contributed by atoms with E-state index in [-0.39, 0.29) is 5.56 Å². The summed E-state index contributed by atoms with van der Waals surface area (Å²) >= 11 is 4.80. The van der Waals surface area contributed by atoms with Crippen molar-refractivity contribution in [3.8, 4) is 0 Å². The molecule has 78 valence electrons. The fraction of sp³-hybridized carbons (Fsp3) is 0.182. The molecule has 0 atom stereocenters. The highest BCUT2D eigenvalue weighted by molar-refractivity contribution is 9.11. The molecule has 1 aromatic carbocycles. The van der Waals surface area contributed by atoms with Gasteiger partial charge in [-0.05, 0) is 23.0 Å². The smallest absolute Gasteiger partial charge is 0.268 e. The van der Waals surface area contributed by atoms with Crippen molar-refractivity contribution in [1.29, 1.82) is 0 Å². The van der Waals surface area contributed by atoms with Crippen LogP contribution in [0.15, 0.2) is 40.1 Å². The first kappa shape index (κ1) is 10.6. The maximum absolute atomic E-state index is 11.9.